The molecular formula is C18H22N2O3S. The van der Waals surface area contributed by atoms with E-state index in [-0.39, 0.29) is 12.5 Å². The van der Waals surface area contributed by atoms with E-state index in [1.807, 2.05) is 13.0 Å². The topological polar surface area (TPSA) is 76.1 Å². The molecule has 1 amide bonds. The van der Waals surface area contributed by atoms with E-state index in [0.717, 1.165) is 5.56 Å². The van der Waals surface area contributed by atoms with E-state index in [9.17, 15) is 13.2 Å². The first-order valence-electron chi connectivity index (χ1n) is 7.84. The molecule has 24 heavy (non-hydrogen) atoms. The molecule has 0 radical (unpaired) electrons. The summed E-state index contributed by atoms with van der Waals surface area (Å²) in [5, 5.41) is 1.82. The molecular weight excluding hydrogens is 324 g/mol. The average molecular weight is 346 g/mol. The number of pyridine rings is 1. The van der Waals surface area contributed by atoms with Crippen molar-refractivity contribution in [1.82, 2.24) is 10.3 Å². The average Bonchev–Trinajstić information content (AvgIpc) is 2.57. The van der Waals surface area contributed by atoms with Crippen molar-refractivity contribution in [3.8, 4) is 0 Å². The van der Waals surface area contributed by atoms with Crippen LogP contribution in [0.2, 0.25) is 0 Å². The Hall–Kier alpha value is -2.21. The fraction of sp³-hybridized carbons (Fsp3) is 0.333. The standard InChI is InChI=1S/C18H22N2O3S/c1-4-18(21)20-12-17(15-6-5-9-19-11-15)24(22,23)16-10-13(2)7-8-14(16)3/h5-11,17H,4,12H2,1-3H3,(H,20,21)/t17-/m1/s1. The second-order valence-corrected chi connectivity index (χ2v) is 7.85. The number of benzene rings is 1. The van der Waals surface area contributed by atoms with Crippen LogP contribution in [0, 0.1) is 13.8 Å². The number of carbonyl (C=O) groups is 1. The Balaban J connectivity index is 2.48. The lowest BCUT2D eigenvalue weighted by molar-refractivity contribution is -0.120. The number of carbonyl (C=O) groups excluding carboxylic acids is 1. The van der Waals surface area contributed by atoms with Gasteiger partial charge in [0.15, 0.2) is 9.84 Å². The summed E-state index contributed by atoms with van der Waals surface area (Å²) < 4.78 is 26.5. The lowest BCUT2D eigenvalue weighted by atomic mass is 10.2. The Morgan fingerprint density at radius 1 is 1.25 bits per heavy atom. The summed E-state index contributed by atoms with van der Waals surface area (Å²) >= 11 is 0. The summed E-state index contributed by atoms with van der Waals surface area (Å²) in [6.07, 6.45) is 3.43. The number of rotatable bonds is 6. The molecule has 0 fully saturated rings. The molecule has 0 bridgehead atoms. The fourth-order valence-corrected chi connectivity index (χ4v) is 4.45. The number of hydrogen-bond donors (Lipinski definition) is 1. The Labute approximate surface area is 143 Å². The zero-order valence-electron chi connectivity index (χ0n) is 14.1. The first-order valence-corrected chi connectivity index (χ1v) is 9.38. The van der Waals surface area contributed by atoms with Crippen molar-refractivity contribution in [2.24, 2.45) is 0 Å². The predicted octanol–water partition coefficient (Wildman–Crippen LogP) is 2.74. The molecule has 0 aliphatic heterocycles. The van der Waals surface area contributed by atoms with E-state index >= 15 is 0 Å². The first-order chi connectivity index (χ1) is 11.4. The van der Waals surface area contributed by atoms with Crippen LogP contribution in [-0.2, 0) is 14.6 Å². The quantitative estimate of drug-likeness (QED) is 0.872. The van der Waals surface area contributed by atoms with Crippen molar-refractivity contribution in [2.45, 2.75) is 37.3 Å². The Bertz CT molecular complexity index is 817. The molecule has 1 atom stereocenters. The van der Waals surface area contributed by atoms with Gasteiger partial charge in [-0.2, -0.15) is 0 Å². The number of aryl methyl sites for hydroxylation is 2. The molecule has 2 rings (SSSR count). The van der Waals surface area contributed by atoms with Crippen molar-refractivity contribution < 1.29 is 13.2 Å². The molecule has 0 unspecified atom stereocenters. The highest BCUT2D eigenvalue weighted by atomic mass is 32.2. The van der Waals surface area contributed by atoms with Crippen LogP contribution in [0.25, 0.3) is 0 Å². The molecule has 1 heterocycles. The SMILES string of the molecule is CCC(=O)NC[C@H](c1cccnc1)S(=O)(=O)c1cc(C)ccc1C. The van der Waals surface area contributed by atoms with E-state index in [2.05, 4.69) is 10.3 Å². The maximum atomic E-state index is 13.2. The number of nitrogens with one attached hydrogen (secondary N) is 1. The molecule has 2 aromatic rings. The Kier molecular flexibility index (Phi) is 5.72. The van der Waals surface area contributed by atoms with E-state index in [1.54, 1.807) is 44.3 Å². The van der Waals surface area contributed by atoms with Crippen molar-refractivity contribution in [2.75, 3.05) is 6.54 Å². The highest BCUT2D eigenvalue weighted by Gasteiger charge is 2.31. The maximum Gasteiger partial charge on any atom is 0.219 e. The smallest absolute Gasteiger partial charge is 0.219 e. The van der Waals surface area contributed by atoms with Crippen LogP contribution in [0.5, 0.6) is 0 Å². The summed E-state index contributed by atoms with van der Waals surface area (Å²) in [5.41, 5.74) is 2.13. The van der Waals surface area contributed by atoms with Crippen LogP contribution in [0.4, 0.5) is 0 Å². The zero-order chi connectivity index (χ0) is 17.7. The summed E-state index contributed by atoms with van der Waals surface area (Å²) in [7, 11) is -3.67. The zero-order valence-corrected chi connectivity index (χ0v) is 14.9. The van der Waals surface area contributed by atoms with E-state index in [4.69, 9.17) is 0 Å². The molecule has 6 heteroatoms. The molecule has 1 aromatic heterocycles. The van der Waals surface area contributed by atoms with Gasteiger partial charge in [0.2, 0.25) is 5.91 Å². The van der Waals surface area contributed by atoms with Crippen LogP contribution in [0.15, 0.2) is 47.6 Å². The van der Waals surface area contributed by atoms with Crippen LogP contribution in [0.1, 0.15) is 35.3 Å². The van der Waals surface area contributed by atoms with Crippen LogP contribution >= 0.6 is 0 Å². The van der Waals surface area contributed by atoms with Gasteiger partial charge >= 0.3 is 0 Å². The molecule has 0 spiro atoms. The Morgan fingerprint density at radius 3 is 2.62 bits per heavy atom. The number of amides is 1. The number of hydrogen-bond acceptors (Lipinski definition) is 4. The second-order valence-electron chi connectivity index (χ2n) is 5.75. The Morgan fingerprint density at radius 2 is 2.00 bits per heavy atom. The third kappa shape index (κ3) is 4.00. The maximum absolute atomic E-state index is 13.2. The van der Waals surface area contributed by atoms with Gasteiger partial charge in [-0.25, -0.2) is 8.42 Å². The van der Waals surface area contributed by atoms with Crippen molar-refractivity contribution in [1.29, 1.82) is 0 Å². The molecule has 128 valence electrons. The van der Waals surface area contributed by atoms with Gasteiger partial charge in [-0.3, -0.25) is 9.78 Å². The molecule has 0 saturated heterocycles. The minimum atomic E-state index is -3.67. The third-order valence-corrected chi connectivity index (χ3v) is 6.13. The van der Waals surface area contributed by atoms with Gasteiger partial charge in [0.1, 0.15) is 5.25 Å². The van der Waals surface area contributed by atoms with E-state index < -0.39 is 15.1 Å². The van der Waals surface area contributed by atoms with Crippen molar-refractivity contribution >= 4 is 15.7 Å². The van der Waals surface area contributed by atoms with Gasteiger partial charge in [0.05, 0.1) is 4.90 Å². The van der Waals surface area contributed by atoms with E-state index in [0.29, 0.717) is 22.4 Å². The lowest BCUT2D eigenvalue weighted by Gasteiger charge is -2.20. The van der Waals surface area contributed by atoms with E-state index in [1.165, 1.54) is 6.20 Å². The van der Waals surface area contributed by atoms with Crippen LogP contribution in [-0.4, -0.2) is 25.9 Å². The number of aromatic nitrogens is 1. The molecule has 1 aromatic carbocycles. The molecule has 5 nitrogen and oxygen atoms in total. The summed E-state index contributed by atoms with van der Waals surface area (Å²) in [4.78, 5) is 15.9. The van der Waals surface area contributed by atoms with Crippen molar-refractivity contribution in [3.05, 3.63) is 59.4 Å². The van der Waals surface area contributed by atoms with Gasteiger partial charge in [-0.05, 0) is 42.7 Å². The van der Waals surface area contributed by atoms with Gasteiger partial charge in [0, 0.05) is 25.4 Å². The highest BCUT2D eigenvalue weighted by molar-refractivity contribution is 7.91. The third-order valence-electron chi connectivity index (χ3n) is 3.89. The second kappa shape index (κ2) is 7.57. The highest BCUT2D eigenvalue weighted by Crippen LogP contribution is 2.30. The minimum absolute atomic E-state index is 0.0219. The predicted molar refractivity (Wildman–Crippen MR) is 93.4 cm³/mol. The number of nitrogens with zero attached hydrogens (tertiary/aromatic N) is 1. The lowest BCUT2D eigenvalue weighted by Crippen LogP contribution is -2.31. The first kappa shape index (κ1) is 18.1. The van der Waals surface area contributed by atoms with Gasteiger partial charge in [-0.15, -0.1) is 0 Å². The van der Waals surface area contributed by atoms with Crippen LogP contribution < -0.4 is 5.32 Å². The molecule has 0 saturated carbocycles. The minimum Gasteiger partial charge on any atom is -0.354 e. The van der Waals surface area contributed by atoms with Gasteiger partial charge < -0.3 is 5.32 Å². The summed E-state index contributed by atoms with van der Waals surface area (Å²) in [5.74, 6) is -0.181. The monoisotopic (exact) mass is 346 g/mol. The largest absolute Gasteiger partial charge is 0.354 e. The molecule has 0 aliphatic carbocycles. The van der Waals surface area contributed by atoms with Gasteiger partial charge in [0.25, 0.3) is 0 Å². The normalized spacial score (nSPS) is 12.6. The molecule has 1 N–H and O–H groups in total. The summed E-state index contributed by atoms with van der Waals surface area (Å²) in [6.45, 7) is 5.38. The fourth-order valence-electron chi connectivity index (χ4n) is 2.47. The van der Waals surface area contributed by atoms with Gasteiger partial charge in [-0.1, -0.05) is 25.1 Å². The molecule has 0 aliphatic rings. The summed E-state index contributed by atoms with van der Waals surface area (Å²) in [6, 6.07) is 8.77. The van der Waals surface area contributed by atoms with Crippen LogP contribution in [0.3, 0.4) is 0 Å². The number of sulfone groups is 1. The van der Waals surface area contributed by atoms with Crippen molar-refractivity contribution in [3.63, 3.8) is 0 Å².